The van der Waals surface area contributed by atoms with Crippen molar-refractivity contribution in [2.24, 2.45) is 0 Å². The summed E-state index contributed by atoms with van der Waals surface area (Å²) in [5.41, 5.74) is 1.50. The highest BCUT2D eigenvalue weighted by Crippen LogP contribution is 2.29. The van der Waals surface area contributed by atoms with Crippen LogP contribution < -0.4 is 10.6 Å². The van der Waals surface area contributed by atoms with Gasteiger partial charge in [0.1, 0.15) is 5.54 Å². The molecule has 1 fully saturated rings. The SMILES string of the molecule is CC(C)c1ccc(NC(=O)C2(n3cccn3)CCNCC2)cc1. The molecule has 1 aromatic carbocycles. The highest BCUT2D eigenvalue weighted by atomic mass is 16.2. The number of carbonyl (C=O) groups is 1. The molecule has 5 nitrogen and oxygen atoms in total. The normalized spacial score (nSPS) is 17.2. The van der Waals surface area contributed by atoms with Gasteiger partial charge in [0.15, 0.2) is 0 Å². The molecule has 0 saturated carbocycles. The minimum atomic E-state index is -0.606. The van der Waals surface area contributed by atoms with E-state index in [0.717, 1.165) is 31.6 Å². The molecule has 122 valence electrons. The van der Waals surface area contributed by atoms with Gasteiger partial charge in [0.25, 0.3) is 5.91 Å². The summed E-state index contributed by atoms with van der Waals surface area (Å²) in [6, 6.07) is 9.97. The highest BCUT2D eigenvalue weighted by Gasteiger charge is 2.41. The van der Waals surface area contributed by atoms with Crippen molar-refractivity contribution in [3.05, 3.63) is 48.3 Å². The molecule has 23 heavy (non-hydrogen) atoms. The topological polar surface area (TPSA) is 59.0 Å². The van der Waals surface area contributed by atoms with Gasteiger partial charge >= 0.3 is 0 Å². The van der Waals surface area contributed by atoms with Crippen LogP contribution in [0.2, 0.25) is 0 Å². The summed E-state index contributed by atoms with van der Waals surface area (Å²) >= 11 is 0. The first-order chi connectivity index (χ1) is 11.1. The monoisotopic (exact) mass is 312 g/mol. The lowest BCUT2D eigenvalue weighted by atomic mass is 9.87. The van der Waals surface area contributed by atoms with Crippen molar-refractivity contribution in [1.29, 1.82) is 0 Å². The van der Waals surface area contributed by atoms with Crippen molar-refractivity contribution in [3.8, 4) is 0 Å². The lowest BCUT2D eigenvalue weighted by Gasteiger charge is -2.36. The van der Waals surface area contributed by atoms with Gasteiger partial charge in [0, 0.05) is 18.1 Å². The quantitative estimate of drug-likeness (QED) is 0.912. The molecule has 1 amide bonds. The van der Waals surface area contributed by atoms with Gasteiger partial charge in [-0.05, 0) is 55.6 Å². The molecule has 1 aromatic heterocycles. The lowest BCUT2D eigenvalue weighted by molar-refractivity contribution is -0.126. The second kappa shape index (κ2) is 6.54. The lowest BCUT2D eigenvalue weighted by Crippen LogP contribution is -2.52. The summed E-state index contributed by atoms with van der Waals surface area (Å²) in [5.74, 6) is 0.500. The van der Waals surface area contributed by atoms with Crippen molar-refractivity contribution in [1.82, 2.24) is 15.1 Å². The largest absolute Gasteiger partial charge is 0.324 e. The summed E-state index contributed by atoms with van der Waals surface area (Å²) in [6.07, 6.45) is 5.09. The third-order valence-corrected chi connectivity index (χ3v) is 4.63. The van der Waals surface area contributed by atoms with Crippen molar-refractivity contribution < 1.29 is 4.79 Å². The number of amides is 1. The average molecular weight is 312 g/mol. The molecule has 5 heteroatoms. The molecular weight excluding hydrogens is 288 g/mol. The van der Waals surface area contributed by atoms with E-state index in [-0.39, 0.29) is 5.91 Å². The zero-order chi connectivity index (χ0) is 16.3. The van der Waals surface area contributed by atoms with Crippen LogP contribution in [0.25, 0.3) is 0 Å². The van der Waals surface area contributed by atoms with Crippen LogP contribution >= 0.6 is 0 Å². The fraction of sp³-hybridized carbons (Fsp3) is 0.444. The van der Waals surface area contributed by atoms with E-state index in [0.29, 0.717) is 5.92 Å². The van der Waals surface area contributed by atoms with Crippen LogP contribution in [0.1, 0.15) is 38.2 Å². The number of nitrogens with zero attached hydrogens (tertiary/aromatic N) is 2. The summed E-state index contributed by atoms with van der Waals surface area (Å²) in [6.45, 7) is 5.96. The molecule has 2 N–H and O–H groups in total. The fourth-order valence-corrected chi connectivity index (χ4v) is 3.12. The number of piperidine rings is 1. The van der Waals surface area contributed by atoms with Crippen LogP contribution in [0.5, 0.6) is 0 Å². The van der Waals surface area contributed by atoms with E-state index in [1.54, 1.807) is 6.20 Å². The predicted molar refractivity (Wildman–Crippen MR) is 91.5 cm³/mol. The fourth-order valence-electron chi connectivity index (χ4n) is 3.12. The number of benzene rings is 1. The highest BCUT2D eigenvalue weighted by molar-refractivity contribution is 5.96. The Labute approximate surface area is 137 Å². The first kappa shape index (κ1) is 15.7. The number of hydrogen-bond acceptors (Lipinski definition) is 3. The number of nitrogens with one attached hydrogen (secondary N) is 2. The minimum Gasteiger partial charge on any atom is -0.324 e. The van der Waals surface area contributed by atoms with Crippen molar-refractivity contribution >= 4 is 11.6 Å². The second-order valence-electron chi connectivity index (χ2n) is 6.46. The van der Waals surface area contributed by atoms with E-state index in [1.165, 1.54) is 5.56 Å². The van der Waals surface area contributed by atoms with Crippen LogP contribution in [0.4, 0.5) is 5.69 Å². The Bertz CT molecular complexity index is 640. The van der Waals surface area contributed by atoms with E-state index < -0.39 is 5.54 Å². The van der Waals surface area contributed by atoms with Crippen LogP contribution in [-0.4, -0.2) is 28.8 Å². The average Bonchev–Trinajstić information content (AvgIpc) is 3.11. The number of anilines is 1. The summed E-state index contributed by atoms with van der Waals surface area (Å²) < 4.78 is 1.81. The van der Waals surface area contributed by atoms with Gasteiger partial charge in [-0.25, -0.2) is 0 Å². The van der Waals surface area contributed by atoms with Crippen molar-refractivity contribution in [2.75, 3.05) is 18.4 Å². The molecule has 0 unspecified atom stereocenters. The molecule has 0 radical (unpaired) electrons. The minimum absolute atomic E-state index is 0.0139. The Morgan fingerprint density at radius 1 is 1.26 bits per heavy atom. The van der Waals surface area contributed by atoms with Crippen LogP contribution in [0.15, 0.2) is 42.7 Å². The maximum atomic E-state index is 13.0. The number of aromatic nitrogens is 2. The molecule has 1 saturated heterocycles. The molecule has 2 heterocycles. The van der Waals surface area contributed by atoms with Gasteiger partial charge in [0.05, 0.1) is 0 Å². The molecular formula is C18H24N4O. The van der Waals surface area contributed by atoms with E-state index in [1.807, 2.05) is 29.1 Å². The summed E-state index contributed by atoms with van der Waals surface area (Å²) in [5, 5.41) is 10.7. The smallest absolute Gasteiger partial charge is 0.252 e. The van der Waals surface area contributed by atoms with Gasteiger partial charge in [0.2, 0.25) is 0 Å². The predicted octanol–water partition coefficient (Wildman–Crippen LogP) is 2.72. The van der Waals surface area contributed by atoms with Crippen LogP contribution in [-0.2, 0) is 10.3 Å². The summed E-state index contributed by atoms with van der Waals surface area (Å²) in [4.78, 5) is 13.0. The van der Waals surface area contributed by atoms with Gasteiger partial charge < -0.3 is 10.6 Å². The van der Waals surface area contributed by atoms with Gasteiger partial charge in [-0.15, -0.1) is 0 Å². The molecule has 1 aliphatic rings. The van der Waals surface area contributed by atoms with Crippen molar-refractivity contribution in [3.63, 3.8) is 0 Å². The van der Waals surface area contributed by atoms with E-state index >= 15 is 0 Å². The molecule has 0 spiro atoms. The third-order valence-electron chi connectivity index (χ3n) is 4.63. The first-order valence-corrected chi connectivity index (χ1v) is 8.24. The van der Waals surface area contributed by atoms with E-state index in [9.17, 15) is 4.79 Å². The molecule has 3 rings (SSSR count). The Morgan fingerprint density at radius 2 is 1.96 bits per heavy atom. The number of carbonyl (C=O) groups excluding carboxylic acids is 1. The maximum Gasteiger partial charge on any atom is 0.252 e. The molecule has 0 atom stereocenters. The van der Waals surface area contributed by atoms with Gasteiger partial charge in [-0.2, -0.15) is 5.10 Å². The molecule has 1 aliphatic heterocycles. The molecule has 2 aromatic rings. The van der Waals surface area contributed by atoms with E-state index in [4.69, 9.17) is 0 Å². The van der Waals surface area contributed by atoms with Crippen LogP contribution in [0, 0.1) is 0 Å². The zero-order valence-electron chi connectivity index (χ0n) is 13.7. The van der Waals surface area contributed by atoms with Crippen molar-refractivity contribution in [2.45, 2.75) is 38.1 Å². The number of hydrogen-bond donors (Lipinski definition) is 2. The van der Waals surface area contributed by atoms with Gasteiger partial charge in [-0.3, -0.25) is 9.48 Å². The van der Waals surface area contributed by atoms with E-state index in [2.05, 4.69) is 41.7 Å². The van der Waals surface area contributed by atoms with Gasteiger partial charge in [-0.1, -0.05) is 26.0 Å². The number of rotatable bonds is 4. The Morgan fingerprint density at radius 3 is 2.52 bits per heavy atom. The Hall–Kier alpha value is -2.14. The molecule has 0 aliphatic carbocycles. The molecule has 0 bridgehead atoms. The Balaban J connectivity index is 1.81. The standard InChI is InChI=1S/C18H24N4O/c1-14(2)15-4-6-16(7-5-15)21-17(23)18(8-11-19-12-9-18)22-13-3-10-20-22/h3-7,10,13-14,19H,8-9,11-12H2,1-2H3,(H,21,23). The summed E-state index contributed by atoms with van der Waals surface area (Å²) in [7, 11) is 0. The van der Waals surface area contributed by atoms with Crippen LogP contribution in [0.3, 0.4) is 0 Å². The first-order valence-electron chi connectivity index (χ1n) is 8.24. The zero-order valence-corrected chi connectivity index (χ0v) is 13.7. The maximum absolute atomic E-state index is 13.0. The third kappa shape index (κ3) is 3.15. The Kier molecular flexibility index (Phi) is 4.48. The second-order valence-corrected chi connectivity index (χ2v) is 6.46.